The summed E-state index contributed by atoms with van der Waals surface area (Å²) < 4.78 is 23.0. The molecule has 0 aliphatic carbocycles. The van der Waals surface area contributed by atoms with Gasteiger partial charge in [-0.1, -0.05) is 70.5 Å². The highest BCUT2D eigenvalue weighted by Crippen LogP contribution is 2.39. The molecule has 0 saturated carbocycles. The van der Waals surface area contributed by atoms with Gasteiger partial charge in [0.2, 0.25) is 0 Å². The van der Waals surface area contributed by atoms with Crippen LogP contribution >= 0.6 is 15.9 Å². The third-order valence-electron chi connectivity index (χ3n) is 3.88. The summed E-state index contributed by atoms with van der Waals surface area (Å²) in [4.78, 5) is -0.246. The van der Waals surface area contributed by atoms with E-state index < -0.39 is 14.6 Å². The molecule has 1 atom stereocenters. The summed E-state index contributed by atoms with van der Waals surface area (Å²) in [6.07, 6.45) is 1.28. The standard InChI is InChI=1S/C17H19BrO2S/c1-17(2,21(3,19)20)16(18)15-11-9-14(10-12-15)13-7-5-4-6-8-13/h4-12,16H,1-3H3. The first-order chi connectivity index (χ1) is 9.73. The zero-order chi connectivity index (χ0) is 15.7. The molecule has 0 aromatic heterocycles. The molecule has 21 heavy (non-hydrogen) atoms. The van der Waals surface area contributed by atoms with E-state index in [4.69, 9.17) is 0 Å². The molecule has 0 saturated heterocycles. The number of alkyl halides is 1. The van der Waals surface area contributed by atoms with E-state index in [-0.39, 0.29) is 4.83 Å². The molecule has 0 radical (unpaired) electrons. The second kappa shape index (κ2) is 5.93. The Labute approximate surface area is 135 Å². The van der Waals surface area contributed by atoms with Crippen LogP contribution in [0.3, 0.4) is 0 Å². The molecule has 0 amide bonds. The minimum Gasteiger partial charge on any atom is -0.229 e. The van der Waals surface area contributed by atoms with E-state index in [1.807, 2.05) is 42.5 Å². The SMILES string of the molecule is CC(C)(C(Br)c1ccc(-c2ccccc2)cc1)S(C)(=O)=O. The molecule has 0 aliphatic heterocycles. The summed E-state index contributed by atoms with van der Waals surface area (Å²) in [5, 5.41) is 0. The number of halogens is 1. The highest BCUT2D eigenvalue weighted by Gasteiger charge is 2.38. The van der Waals surface area contributed by atoms with E-state index in [2.05, 4.69) is 28.1 Å². The van der Waals surface area contributed by atoms with Crippen LogP contribution in [-0.4, -0.2) is 19.4 Å². The van der Waals surface area contributed by atoms with Crippen LogP contribution < -0.4 is 0 Å². The lowest BCUT2D eigenvalue weighted by atomic mass is 9.98. The Morgan fingerprint density at radius 1 is 0.905 bits per heavy atom. The molecule has 1 unspecified atom stereocenters. The lowest BCUT2D eigenvalue weighted by molar-refractivity contribution is 0.548. The van der Waals surface area contributed by atoms with Gasteiger partial charge in [0.25, 0.3) is 0 Å². The van der Waals surface area contributed by atoms with Crippen molar-refractivity contribution in [3.63, 3.8) is 0 Å². The smallest absolute Gasteiger partial charge is 0.154 e. The molecule has 0 spiro atoms. The van der Waals surface area contributed by atoms with Gasteiger partial charge in [-0.25, -0.2) is 8.42 Å². The average molecular weight is 367 g/mol. The van der Waals surface area contributed by atoms with Crippen molar-refractivity contribution in [2.24, 2.45) is 0 Å². The van der Waals surface area contributed by atoms with Crippen LogP contribution in [0.2, 0.25) is 0 Å². The van der Waals surface area contributed by atoms with Gasteiger partial charge in [-0.2, -0.15) is 0 Å². The van der Waals surface area contributed by atoms with Crippen molar-refractivity contribution in [1.29, 1.82) is 0 Å². The molecule has 0 N–H and O–H groups in total. The van der Waals surface area contributed by atoms with Crippen LogP contribution in [-0.2, 0) is 9.84 Å². The molecule has 2 nitrogen and oxygen atoms in total. The van der Waals surface area contributed by atoms with Crippen molar-refractivity contribution in [2.45, 2.75) is 23.4 Å². The Bertz CT molecular complexity index is 704. The van der Waals surface area contributed by atoms with Gasteiger partial charge in [0, 0.05) is 6.26 Å². The van der Waals surface area contributed by atoms with Crippen LogP contribution in [0.1, 0.15) is 24.2 Å². The van der Waals surface area contributed by atoms with Crippen LogP contribution in [0.15, 0.2) is 54.6 Å². The summed E-state index contributed by atoms with van der Waals surface area (Å²) in [5.74, 6) is 0. The molecule has 0 bridgehead atoms. The van der Waals surface area contributed by atoms with Crippen molar-refractivity contribution in [3.05, 3.63) is 60.2 Å². The third kappa shape index (κ3) is 3.38. The minimum absolute atomic E-state index is 0.246. The van der Waals surface area contributed by atoms with Crippen molar-refractivity contribution in [2.75, 3.05) is 6.26 Å². The quantitative estimate of drug-likeness (QED) is 0.740. The predicted molar refractivity (Wildman–Crippen MR) is 92.5 cm³/mol. The molecular formula is C17H19BrO2S. The van der Waals surface area contributed by atoms with Crippen LogP contribution in [0.5, 0.6) is 0 Å². The summed E-state index contributed by atoms with van der Waals surface area (Å²) in [6, 6.07) is 18.1. The lowest BCUT2D eigenvalue weighted by Gasteiger charge is -2.28. The average Bonchev–Trinajstić information content (AvgIpc) is 2.46. The van der Waals surface area contributed by atoms with Gasteiger partial charge in [-0.15, -0.1) is 0 Å². The van der Waals surface area contributed by atoms with Gasteiger partial charge in [-0.05, 0) is 30.5 Å². The first-order valence-electron chi connectivity index (χ1n) is 6.72. The highest BCUT2D eigenvalue weighted by atomic mass is 79.9. The van der Waals surface area contributed by atoms with Crippen LogP contribution in [0.4, 0.5) is 0 Å². The zero-order valence-electron chi connectivity index (χ0n) is 12.4. The number of rotatable bonds is 4. The first-order valence-corrected chi connectivity index (χ1v) is 9.53. The molecular weight excluding hydrogens is 348 g/mol. The fourth-order valence-electron chi connectivity index (χ4n) is 2.06. The molecule has 0 heterocycles. The topological polar surface area (TPSA) is 34.1 Å². The predicted octanol–water partition coefficient (Wildman–Crippen LogP) is 4.61. The van der Waals surface area contributed by atoms with Crippen molar-refractivity contribution in [1.82, 2.24) is 0 Å². The van der Waals surface area contributed by atoms with E-state index in [0.29, 0.717) is 0 Å². The zero-order valence-corrected chi connectivity index (χ0v) is 14.8. The van der Waals surface area contributed by atoms with Gasteiger partial charge >= 0.3 is 0 Å². The molecule has 112 valence electrons. The second-order valence-electron chi connectivity index (χ2n) is 5.73. The largest absolute Gasteiger partial charge is 0.229 e. The highest BCUT2D eigenvalue weighted by molar-refractivity contribution is 9.09. The monoisotopic (exact) mass is 366 g/mol. The van der Waals surface area contributed by atoms with Gasteiger partial charge in [-0.3, -0.25) is 0 Å². The molecule has 4 heteroatoms. The summed E-state index contributed by atoms with van der Waals surface area (Å²) >= 11 is 3.54. The van der Waals surface area contributed by atoms with Crippen molar-refractivity contribution >= 4 is 25.8 Å². The Balaban J connectivity index is 2.32. The van der Waals surface area contributed by atoms with Crippen LogP contribution in [0.25, 0.3) is 11.1 Å². The summed E-state index contributed by atoms with van der Waals surface area (Å²) in [7, 11) is -3.16. The summed E-state index contributed by atoms with van der Waals surface area (Å²) in [5.41, 5.74) is 3.24. The van der Waals surface area contributed by atoms with Crippen LogP contribution in [0, 0.1) is 0 Å². The van der Waals surface area contributed by atoms with Crippen molar-refractivity contribution in [3.8, 4) is 11.1 Å². The molecule has 0 fully saturated rings. The minimum atomic E-state index is -3.16. The molecule has 2 rings (SSSR count). The number of benzene rings is 2. The second-order valence-corrected chi connectivity index (χ2v) is 9.24. The Hall–Kier alpha value is -1.13. The number of sulfone groups is 1. The lowest BCUT2D eigenvalue weighted by Crippen LogP contribution is -2.35. The third-order valence-corrected chi connectivity index (χ3v) is 8.00. The molecule has 2 aromatic carbocycles. The maximum Gasteiger partial charge on any atom is 0.154 e. The van der Waals surface area contributed by atoms with E-state index in [1.165, 1.54) is 6.26 Å². The van der Waals surface area contributed by atoms with Gasteiger partial charge in [0.15, 0.2) is 9.84 Å². The van der Waals surface area contributed by atoms with E-state index in [9.17, 15) is 8.42 Å². The summed E-state index contributed by atoms with van der Waals surface area (Å²) in [6.45, 7) is 3.49. The van der Waals surface area contributed by atoms with E-state index in [0.717, 1.165) is 16.7 Å². The fraction of sp³-hybridized carbons (Fsp3) is 0.294. The number of hydrogen-bond donors (Lipinski definition) is 0. The molecule has 2 aromatic rings. The normalized spacial score (nSPS) is 13.9. The maximum atomic E-state index is 11.9. The molecule has 0 aliphatic rings. The Morgan fingerprint density at radius 2 is 1.38 bits per heavy atom. The van der Waals surface area contributed by atoms with E-state index >= 15 is 0 Å². The Kier molecular flexibility index (Phi) is 4.59. The van der Waals surface area contributed by atoms with Gasteiger partial charge in [0.05, 0.1) is 9.57 Å². The van der Waals surface area contributed by atoms with E-state index in [1.54, 1.807) is 13.8 Å². The van der Waals surface area contributed by atoms with Gasteiger partial charge < -0.3 is 0 Å². The maximum absolute atomic E-state index is 11.9. The van der Waals surface area contributed by atoms with Crippen molar-refractivity contribution < 1.29 is 8.42 Å². The number of hydrogen-bond acceptors (Lipinski definition) is 2. The Morgan fingerprint density at radius 3 is 1.86 bits per heavy atom. The first kappa shape index (κ1) is 16.2. The fourth-order valence-corrected chi connectivity index (χ4v) is 3.90. The van der Waals surface area contributed by atoms with Gasteiger partial charge in [0.1, 0.15) is 0 Å².